The number of anilines is 1. The minimum atomic E-state index is 0.112. The highest BCUT2D eigenvalue weighted by molar-refractivity contribution is 5.83. The molecule has 2 heteroatoms. The van der Waals surface area contributed by atoms with Crippen LogP contribution in [0.5, 0.6) is 0 Å². The summed E-state index contributed by atoms with van der Waals surface area (Å²) in [6.45, 7) is 18.4. The lowest BCUT2D eigenvalue weighted by molar-refractivity contribution is -0.482. The van der Waals surface area contributed by atoms with Gasteiger partial charge >= 0.3 is 0 Å². The summed E-state index contributed by atoms with van der Waals surface area (Å²) in [5, 5.41) is 0. The van der Waals surface area contributed by atoms with Crippen LogP contribution in [0.1, 0.15) is 125 Å². The van der Waals surface area contributed by atoms with Gasteiger partial charge in [-0.2, -0.15) is 0 Å². The van der Waals surface area contributed by atoms with Crippen LogP contribution in [0.2, 0.25) is 0 Å². The third-order valence-electron chi connectivity index (χ3n) is 8.67. The molecular formula is C39H47N2+. The van der Waals surface area contributed by atoms with E-state index in [1.165, 1.54) is 44.8 Å². The van der Waals surface area contributed by atoms with E-state index in [4.69, 9.17) is 0 Å². The summed E-state index contributed by atoms with van der Waals surface area (Å²) in [4.78, 5) is 2.58. The Labute approximate surface area is 248 Å². The Hall–Kier alpha value is -3.65. The molecule has 5 rings (SSSR count). The van der Waals surface area contributed by atoms with Gasteiger partial charge in [-0.15, -0.1) is 0 Å². The van der Waals surface area contributed by atoms with Crippen molar-refractivity contribution in [2.45, 2.75) is 91.1 Å². The molecule has 1 heterocycles. The first-order valence-corrected chi connectivity index (χ1v) is 15.5. The average molecular weight is 544 g/mol. The fourth-order valence-electron chi connectivity index (χ4n) is 6.26. The van der Waals surface area contributed by atoms with Crippen LogP contribution in [0.25, 0.3) is 0 Å². The van der Waals surface area contributed by atoms with Crippen molar-refractivity contribution in [3.63, 3.8) is 0 Å². The zero-order chi connectivity index (χ0) is 29.3. The Kier molecular flexibility index (Phi) is 8.50. The van der Waals surface area contributed by atoms with Crippen molar-refractivity contribution >= 4 is 17.7 Å². The highest BCUT2D eigenvalue weighted by Gasteiger charge is 2.47. The molecule has 4 aromatic carbocycles. The lowest BCUT2D eigenvalue weighted by Crippen LogP contribution is -2.27. The zero-order valence-corrected chi connectivity index (χ0v) is 26.2. The SMILES string of the molecule is CC(C)c1ccc(C(C)C)c(N2C=[N+](c3cc(C(C)C)ccc3C(C)C)[C@H](c3ccccc3)[C@H]2c2ccccc2)c1. The van der Waals surface area contributed by atoms with Crippen molar-refractivity contribution in [3.05, 3.63) is 130 Å². The lowest BCUT2D eigenvalue weighted by atomic mass is 9.89. The minimum Gasteiger partial charge on any atom is -0.222 e. The average Bonchev–Trinajstić information content (AvgIpc) is 3.37. The largest absolute Gasteiger partial charge is 0.245 e. The van der Waals surface area contributed by atoms with Crippen LogP contribution in [-0.2, 0) is 0 Å². The van der Waals surface area contributed by atoms with E-state index < -0.39 is 0 Å². The summed E-state index contributed by atoms with van der Waals surface area (Å²) < 4.78 is 2.58. The molecule has 0 radical (unpaired) electrons. The van der Waals surface area contributed by atoms with Crippen LogP contribution < -0.4 is 4.90 Å². The highest BCUT2D eigenvalue weighted by atomic mass is 15.3. The van der Waals surface area contributed by atoms with E-state index >= 15 is 0 Å². The molecule has 2 atom stereocenters. The molecule has 0 aromatic heterocycles. The van der Waals surface area contributed by atoms with Gasteiger partial charge < -0.3 is 0 Å². The van der Waals surface area contributed by atoms with Gasteiger partial charge in [-0.1, -0.05) is 140 Å². The maximum Gasteiger partial charge on any atom is 0.245 e. The normalized spacial score (nSPS) is 17.3. The van der Waals surface area contributed by atoms with Gasteiger partial charge in [-0.05, 0) is 46.9 Å². The van der Waals surface area contributed by atoms with Gasteiger partial charge in [-0.3, -0.25) is 0 Å². The molecule has 212 valence electrons. The molecule has 0 bridgehead atoms. The quantitative estimate of drug-likeness (QED) is 0.200. The van der Waals surface area contributed by atoms with Gasteiger partial charge in [0.1, 0.15) is 11.4 Å². The predicted molar refractivity (Wildman–Crippen MR) is 176 cm³/mol. The van der Waals surface area contributed by atoms with Crippen LogP contribution >= 0.6 is 0 Å². The summed E-state index contributed by atoms with van der Waals surface area (Å²) >= 11 is 0. The van der Waals surface area contributed by atoms with E-state index in [-0.39, 0.29) is 12.1 Å². The smallest absolute Gasteiger partial charge is 0.222 e. The monoisotopic (exact) mass is 543 g/mol. The molecule has 0 N–H and O–H groups in total. The number of hydrogen-bond acceptors (Lipinski definition) is 1. The summed E-state index contributed by atoms with van der Waals surface area (Å²) in [5.41, 5.74) is 10.8. The Morgan fingerprint density at radius 1 is 0.537 bits per heavy atom. The van der Waals surface area contributed by atoms with E-state index in [0.29, 0.717) is 23.7 Å². The van der Waals surface area contributed by atoms with E-state index in [1.54, 1.807) is 0 Å². The molecule has 1 aliphatic heterocycles. The zero-order valence-electron chi connectivity index (χ0n) is 26.2. The number of rotatable bonds is 8. The van der Waals surface area contributed by atoms with Crippen molar-refractivity contribution < 1.29 is 4.58 Å². The van der Waals surface area contributed by atoms with Crippen LogP contribution in [0, 0.1) is 0 Å². The van der Waals surface area contributed by atoms with Crippen molar-refractivity contribution in [1.29, 1.82) is 0 Å². The maximum absolute atomic E-state index is 2.58. The summed E-state index contributed by atoms with van der Waals surface area (Å²) in [6.07, 6.45) is 2.42. The van der Waals surface area contributed by atoms with Crippen molar-refractivity contribution in [2.24, 2.45) is 0 Å². The highest BCUT2D eigenvalue weighted by Crippen LogP contribution is 2.48. The van der Waals surface area contributed by atoms with Crippen LogP contribution in [0.4, 0.5) is 11.4 Å². The molecule has 0 spiro atoms. The lowest BCUT2D eigenvalue weighted by Gasteiger charge is -2.27. The Morgan fingerprint density at radius 3 is 1.59 bits per heavy atom. The standard InChI is InChI=1S/C39H47N2/c1-26(2)32-19-21-34(28(5)6)36(23-32)40-25-41(37-24-33(27(3)4)20-22-35(37)29(7)8)39(31-17-13-10-14-18-31)38(40)30-15-11-9-12-16-30/h9-29,38-39H,1-8H3/q+1/t38-,39-/m1/s1. The Morgan fingerprint density at radius 2 is 1.05 bits per heavy atom. The minimum absolute atomic E-state index is 0.112. The first kappa shape index (κ1) is 28.9. The van der Waals surface area contributed by atoms with Crippen LogP contribution in [0.15, 0.2) is 97.1 Å². The molecule has 0 aliphatic carbocycles. The number of nitrogens with zero attached hydrogens (tertiary/aromatic N) is 2. The molecule has 0 saturated carbocycles. The fraction of sp³-hybridized carbons (Fsp3) is 0.359. The third-order valence-corrected chi connectivity index (χ3v) is 8.67. The first-order valence-electron chi connectivity index (χ1n) is 15.5. The Balaban J connectivity index is 1.84. The molecule has 2 nitrogen and oxygen atoms in total. The van der Waals surface area contributed by atoms with E-state index in [9.17, 15) is 0 Å². The van der Waals surface area contributed by atoms with Gasteiger partial charge in [0.25, 0.3) is 0 Å². The summed E-state index contributed by atoms with van der Waals surface area (Å²) in [7, 11) is 0. The van der Waals surface area contributed by atoms with Gasteiger partial charge in [-0.25, -0.2) is 9.48 Å². The molecular weight excluding hydrogens is 496 g/mol. The van der Waals surface area contributed by atoms with Crippen molar-refractivity contribution in [1.82, 2.24) is 0 Å². The molecule has 0 unspecified atom stereocenters. The molecule has 4 aromatic rings. The maximum atomic E-state index is 2.58. The molecule has 41 heavy (non-hydrogen) atoms. The van der Waals surface area contributed by atoms with Crippen LogP contribution in [0.3, 0.4) is 0 Å². The number of hydrogen-bond donors (Lipinski definition) is 0. The van der Waals surface area contributed by atoms with Crippen molar-refractivity contribution in [3.8, 4) is 0 Å². The second-order valence-corrected chi connectivity index (χ2v) is 12.9. The molecule has 1 aliphatic rings. The molecule has 0 saturated heterocycles. The van der Waals surface area contributed by atoms with E-state index in [2.05, 4.69) is 168 Å². The van der Waals surface area contributed by atoms with Crippen LogP contribution in [-0.4, -0.2) is 10.9 Å². The molecule has 0 fully saturated rings. The first-order chi connectivity index (χ1) is 19.7. The second kappa shape index (κ2) is 12.1. The summed E-state index contributed by atoms with van der Waals surface area (Å²) in [5.74, 6) is 1.75. The predicted octanol–water partition coefficient (Wildman–Crippen LogP) is 10.9. The van der Waals surface area contributed by atoms with Gasteiger partial charge in [0.05, 0.1) is 0 Å². The van der Waals surface area contributed by atoms with Gasteiger partial charge in [0.15, 0.2) is 12.1 Å². The van der Waals surface area contributed by atoms with Crippen molar-refractivity contribution in [2.75, 3.05) is 4.90 Å². The number of benzene rings is 4. The fourth-order valence-corrected chi connectivity index (χ4v) is 6.26. The van der Waals surface area contributed by atoms with E-state index in [0.717, 1.165) is 0 Å². The second-order valence-electron chi connectivity index (χ2n) is 12.9. The topological polar surface area (TPSA) is 6.25 Å². The molecule has 0 amide bonds. The van der Waals surface area contributed by atoms with Gasteiger partial charge in [0.2, 0.25) is 6.34 Å². The van der Waals surface area contributed by atoms with Gasteiger partial charge in [0, 0.05) is 22.3 Å². The summed E-state index contributed by atoms with van der Waals surface area (Å²) in [6, 6.07) is 36.7. The third kappa shape index (κ3) is 5.75. The Bertz CT molecular complexity index is 1500. The van der Waals surface area contributed by atoms with E-state index in [1.807, 2.05) is 0 Å².